The van der Waals surface area contributed by atoms with Gasteiger partial charge < -0.3 is 10.6 Å². The minimum atomic E-state index is -3.40. The molecule has 0 aliphatic rings. The van der Waals surface area contributed by atoms with Crippen LogP contribution in [0.3, 0.4) is 0 Å². The highest BCUT2D eigenvalue weighted by Gasteiger charge is 2.16. The Hall–Kier alpha value is -2.38. The molecule has 0 amide bonds. The second kappa shape index (κ2) is 9.71. The van der Waals surface area contributed by atoms with Gasteiger partial charge >= 0.3 is 0 Å². The molecule has 152 valence electrons. The summed E-state index contributed by atoms with van der Waals surface area (Å²) in [7, 11) is 1.39. The van der Waals surface area contributed by atoms with Crippen LogP contribution in [0.4, 0.5) is 0 Å². The van der Waals surface area contributed by atoms with Crippen LogP contribution in [0.5, 0.6) is 0 Å². The van der Waals surface area contributed by atoms with Crippen molar-refractivity contribution in [2.45, 2.75) is 31.2 Å². The zero-order valence-electron chi connectivity index (χ0n) is 17.2. The predicted octanol–water partition coefficient (Wildman–Crippen LogP) is 2.71. The molecule has 0 bridgehead atoms. The molecule has 0 fully saturated rings. The summed E-state index contributed by atoms with van der Waals surface area (Å²) in [6.45, 7) is 5.58. The first kappa shape index (κ1) is 21.9. The number of aliphatic imine (C=N–C) groups is 1. The van der Waals surface area contributed by atoms with Gasteiger partial charge in [-0.25, -0.2) is 12.7 Å². The van der Waals surface area contributed by atoms with E-state index in [9.17, 15) is 8.42 Å². The van der Waals surface area contributed by atoms with Gasteiger partial charge in [0.15, 0.2) is 5.96 Å². The molecule has 2 rings (SSSR count). The van der Waals surface area contributed by atoms with E-state index in [1.165, 1.54) is 29.5 Å². The lowest BCUT2D eigenvalue weighted by Crippen LogP contribution is -2.38. The average Bonchev–Trinajstić information content (AvgIpc) is 2.68. The van der Waals surface area contributed by atoms with Gasteiger partial charge in [-0.3, -0.25) is 4.99 Å². The van der Waals surface area contributed by atoms with Gasteiger partial charge in [-0.2, -0.15) is 0 Å². The van der Waals surface area contributed by atoms with Crippen molar-refractivity contribution in [3.8, 4) is 0 Å². The summed E-state index contributed by atoms with van der Waals surface area (Å²) in [6, 6.07) is 15.4. The monoisotopic (exact) mass is 402 g/mol. The molecule has 0 aliphatic heterocycles. The fourth-order valence-corrected chi connectivity index (χ4v) is 3.56. The molecule has 0 heterocycles. The molecule has 28 heavy (non-hydrogen) atoms. The quantitative estimate of drug-likeness (QED) is 0.552. The number of guanidine groups is 1. The van der Waals surface area contributed by atoms with Crippen LogP contribution in [-0.4, -0.2) is 46.4 Å². The van der Waals surface area contributed by atoms with Crippen molar-refractivity contribution in [3.63, 3.8) is 0 Å². The highest BCUT2D eigenvalue weighted by molar-refractivity contribution is 7.89. The molecule has 0 spiro atoms. The van der Waals surface area contributed by atoms with E-state index in [0.29, 0.717) is 18.4 Å². The van der Waals surface area contributed by atoms with Crippen LogP contribution >= 0.6 is 0 Å². The van der Waals surface area contributed by atoms with Crippen molar-refractivity contribution >= 4 is 16.0 Å². The Morgan fingerprint density at radius 1 is 1.04 bits per heavy atom. The van der Waals surface area contributed by atoms with Crippen LogP contribution in [0.2, 0.25) is 0 Å². The summed E-state index contributed by atoms with van der Waals surface area (Å²) in [4.78, 5) is 4.54. The fourth-order valence-electron chi connectivity index (χ4n) is 2.66. The largest absolute Gasteiger partial charge is 0.356 e. The lowest BCUT2D eigenvalue weighted by Gasteiger charge is -2.17. The van der Waals surface area contributed by atoms with Crippen LogP contribution in [0.1, 0.15) is 29.5 Å². The number of hydrogen-bond acceptors (Lipinski definition) is 3. The number of nitrogens with zero attached hydrogens (tertiary/aromatic N) is 2. The maximum atomic E-state index is 12.1. The van der Waals surface area contributed by atoms with Gasteiger partial charge in [0, 0.05) is 34.2 Å². The normalized spacial score (nSPS) is 13.4. The standard InChI is InChI=1S/C21H30N4O2S/c1-16-6-10-19(11-7-16)17(2)14-23-21(22-3)24-15-18-8-12-20(13-9-18)28(26,27)25(4)5/h6-13,17H,14-15H2,1-5H3,(H2,22,23,24). The Morgan fingerprint density at radius 3 is 2.18 bits per heavy atom. The first-order valence-corrected chi connectivity index (χ1v) is 10.7. The molecular formula is C21H30N4O2S. The molecule has 2 aromatic carbocycles. The summed E-state index contributed by atoms with van der Waals surface area (Å²) in [5, 5.41) is 6.60. The van der Waals surface area contributed by atoms with Gasteiger partial charge in [0.2, 0.25) is 10.0 Å². The SMILES string of the molecule is CN=C(NCc1ccc(S(=O)(=O)N(C)C)cc1)NCC(C)c1ccc(C)cc1. The van der Waals surface area contributed by atoms with Crippen LogP contribution in [0.15, 0.2) is 58.4 Å². The van der Waals surface area contributed by atoms with Gasteiger partial charge in [-0.1, -0.05) is 48.9 Å². The van der Waals surface area contributed by atoms with E-state index in [2.05, 4.69) is 53.7 Å². The minimum Gasteiger partial charge on any atom is -0.356 e. The molecule has 0 saturated carbocycles. The Balaban J connectivity index is 1.89. The fraction of sp³-hybridized carbons (Fsp3) is 0.381. The van der Waals surface area contributed by atoms with Crippen molar-refractivity contribution in [1.82, 2.24) is 14.9 Å². The Labute approximate surface area is 168 Å². The van der Waals surface area contributed by atoms with E-state index in [0.717, 1.165) is 12.1 Å². The number of sulfonamides is 1. The minimum absolute atomic E-state index is 0.288. The highest BCUT2D eigenvalue weighted by Crippen LogP contribution is 2.15. The van der Waals surface area contributed by atoms with Crippen molar-refractivity contribution in [2.24, 2.45) is 4.99 Å². The third kappa shape index (κ3) is 5.81. The maximum Gasteiger partial charge on any atom is 0.242 e. The molecule has 1 atom stereocenters. The predicted molar refractivity (Wildman–Crippen MR) is 115 cm³/mol. The summed E-state index contributed by atoms with van der Waals surface area (Å²) < 4.78 is 25.5. The van der Waals surface area contributed by atoms with E-state index >= 15 is 0 Å². The average molecular weight is 403 g/mol. The lowest BCUT2D eigenvalue weighted by atomic mass is 10.0. The maximum absolute atomic E-state index is 12.1. The van der Waals surface area contributed by atoms with Gasteiger partial charge in [0.1, 0.15) is 0 Å². The van der Waals surface area contributed by atoms with Gasteiger partial charge in [0.25, 0.3) is 0 Å². The third-order valence-corrected chi connectivity index (χ3v) is 6.44. The van der Waals surface area contributed by atoms with E-state index in [1.54, 1.807) is 19.2 Å². The summed E-state index contributed by atoms with van der Waals surface area (Å²) in [5.74, 6) is 1.07. The van der Waals surface area contributed by atoms with Gasteiger partial charge in [-0.15, -0.1) is 0 Å². The molecule has 0 radical (unpaired) electrons. The highest BCUT2D eigenvalue weighted by atomic mass is 32.2. The molecule has 6 nitrogen and oxygen atoms in total. The zero-order valence-corrected chi connectivity index (χ0v) is 18.0. The zero-order chi connectivity index (χ0) is 20.7. The molecule has 1 unspecified atom stereocenters. The van der Waals surface area contributed by atoms with Crippen LogP contribution in [0, 0.1) is 6.92 Å². The Bertz CT molecular complexity index is 889. The van der Waals surface area contributed by atoms with Gasteiger partial charge in [-0.05, 0) is 36.1 Å². The molecule has 2 aromatic rings. The topological polar surface area (TPSA) is 73.8 Å². The number of rotatable bonds is 7. The molecule has 0 aromatic heterocycles. The number of aryl methyl sites for hydroxylation is 1. The van der Waals surface area contributed by atoms with Crippen molar-refractivity contribution < 1.29 is 8.42 Å². The molecule has 2 N–H and O–H groups in total. The lowest BCUT2D eigenvalue weighted by molar-refractivity contribution is 0.520. The Morgan fingerprint density at radius 2 is 1.64 bits per heavy atom. The third-order valence-electron chi connectivity index (χ3n) is 4.61. The van der Waals surface area contributed by atoms with E-state index in [-0.39, 0.29) is 4.90 Å². The number of nitrogens with one attached hydrogen (secondary N) is 2. The summed E-state index contributed by atoms with van der Waals surface area (Å²) >= 11 is 0. The van der Waals surface area contributed by atoms with E-state index < -0.39 is 10.0 Å². The van der Waals surface area contributed by atoms with E-state index in [1.807, 2.05) is 12.1 Å². The second-order valence-corrected chi connectivity index (χ2v) is 9.20. The second-order valence-electron chi connectivity index (χ2n) is 7.05. The number of benzene rings is 2. The molecule has 7 heteroatoms. The molecule has 0 aliphatic carbocycles. The van der Waals surface area contributed by atoms with Crippen LogP contribution in [0.25, 0.3) is 0 Å². The smallest absolute Gasteiger partial charge is 0.242 e. The van der Waals surface area contributed by atoms with Crippen LogP contribution in [-0.2, 0) is 16.6 Å². The van der Waals surface area contributed by atoms with Crippen molar-refractivity contribution in [3.05, 3.63) is 65.2 Å². The number of hydrogen-bond donors (Lipinski definition) is 2. The van der Waals surface area contributed by atoms with Gasteiger partial charge in [0.05, 0.1) is 4.90 Å². The molecule has 0 saturated heterocycles. The summed E-state index contributed by atoms with van der Waals surface area (Å²) in [5.41, 5.74) is 3.52. The first-order chi connectivity index (χ1) is 13.2. The van der Waals surface area contributed by atoms with E-state index in [4.69, 9.17) is 0 Å². The van der Waals surface area contributed by atoms with Crippen LogP contribution < -0.4 is 10.6 Å². The van der Waals surface area contributed by atoms with Crippen molar-refractivity contribution in [1.29, 1.82) is 0 Å². The first-order valence-electron chi connectivity index (χ1n) is 9.26. The van der Waals surface area contributed by atoms with Crippen molar-refractivity contribution in [2.75, 3.05) is 27.7 Å². The Kier molecular flexibility index (Phi) is 7.60. The molecular weight excluding hydrogens is 372 g/mol. The summed E-state index contributed by atoms with van der Waals surface area (Å²) in [6.07, 6.45) is 0.